The number of fused-ring (bicyclic) bond motifs is 1. The van der Waals surface area contributed by atoms with E-state index in [1.54, 1.807) is 12.4 Å². The maximum Gasteiger partial charge on any atom is 0.241 e. The van der Waals surface area contributed by atoms with E-state index in [2.05, 4.69) is 20.5 Å². The normalized spacial score (nSPS) is 17.6. The van der Waals surface area contributed by atoms with E-state index in [-0.39, 0.29) is 18.4 Å². The molecule has 7 nitrogen and oxygen atoms in total. The van der Waals surface area contributed by atoms with E-state index < -0.39 is 0 Å². The molecule has 128 valence electrons. The van der Waals surface area contributed by atoms with Gasteiger partial charge in [-0.2, -0.15) is 0 Å². The second-order valence-electron chi connectivity index (χ2n) is 6.26. The Morgan fingerprint density at radius 2 is 2.20 bits per heavy atom. The van der Waals surface area contributed by atoms with Crippen molar-refractivity contribution in [2.45, 2.75) is 18.8 Å². The third kappa shape index (κ3) is 3.31. The topological polar surface area (TPSA) is 75.4 Å². The van der Waals surface area contributed by atoms with E-state index in [0.717, 1.165) is 36.5 Å². The van der Waals surface area contributed by atoms with Crippen molar-refractivity contribution in [3.05, 3.63) is 54.7 Å². The predicted molar refractivity (Wildman–Crippen MR) is 94.3 cm³/mol. The number of hydrogen-bond donors (Lipinski definition) is 1. The highest BCUT2D eigenvalue weighted by atomic mass is 16.2. The first-order chi connectivity index (χ1) is 12.3. The zero-order valence-corrected chi connectivity index (χ0v) is 13.9. The number of amides is 1. The van der Waals surface area contributed by atoms with Crippen molar-refractivity contribution in [3.63, 3.8) is 0 Å². The fourth-order valence-electron chi connectivity index (χ4n) is 3.31. The SMILES string of the molecule is O=C(CNc1cccnc1)N1CCCC(c2nnc3ccccn23)C1. The minimum Gasteiger partial charge on any atom is -0.375 e. The molecular formula is C18H20N6O. The monoisotopic (exact) mass is 336 g/mol. The molecule has 0 spiro atoms. The summed E-state index contributed by atoms with van der Waals surface area (Å²) >= 11 is 0. The number of pyridine rings is 2. The number of anilines is 1. The fourth-order valence-corrected chi connectivity index (χ4v) is 3.31. The lowest BCUT2D eigenvalue weighted by molar-refractivity contribution is -0.130. The minimum absolute atomic E-state index is 0.0994. The molecule has 0 aromatic carbocycles. The second kappa shape index (κ2) is 6.88. The van der Waals surface area contributed by atoms with Crippen LogP contribution in [0.2, 0.25) is 0 Å². The smallest absolute Gasteiger partial charge is 0.241 e. The highest BCUT2D eigenvalue weighted by Gasteiger charge is 2.27. The molecule has 1 N–H and O–H groups in total. The van der Waals surface area contributed by atoms with Gasteiger partial charge >= 0.3 is 0 Å². The van der Waals surface area contributed by atoms with E-state index >= 15 is 0 Å². The first-order valence-corrected chi connectivity index (χ1v) is 8.52. The quantitative estimate of drug-likeness (QED) is 0.788. The van der Waals surface area contributed by atoms with Gasteiger partial charge in [0.25, 0.3) is 0 Å². The van der Waals surface area contributed by atoms with Crippen LogP contribution in [0, 0.1) is 0 Å². The van der Waals surface area contributed by atoms with Gasteiger partial charge in [0.15, 0.2) is 5.65 Å². The van der Waals surface area contributed by atoms with Crippen molar-refractivity contribution in [1.82, 2.24) is 24.5 Å². The molecule has 1 fully saturated rings. The Morgan fingerprint density at radius 1 is 1.24 bits per heavy atom. The van der Waals surface area contributed by atoms with E-state index in [0.29, 0.717) is 6.54 Å². The maximum atomic E-state index is 12.6. The number of hydrogen-bond acceptors (Lipinski definition) is 5. The van der Waals surface area contributed by atoms with Gasteiger partial charge in [-0.1, -0.05) is 6.07 Å². The lowest BCUT2D eigenvalue weighted by Gasteiger charge is -2.32. The van der Waals surface area contributed by atoms with Crippen molar-refractivity contribution in [2.24, 2.45) is 0 Å². The molecule has 25 heavy (non-hydrogen) atoms. The molecule has 7 heteroatoms. The molecule has 4 heterocycles. The van der Waals surface area contributed by atoms with E-state index in [9.17, 15) is 4.79 Å². The summed E-state index contributed by atoms with van der Waals surface area (Å²) in [6, 6.07) is 9.62. The summed E-state index contributed by atoms with van der Waals surface area (Å²) in [6.07, 6.45) is 7.41. The molecule has 4 rings (SSSR count). The summed E-state index contributed by atoms with van der Waals surface area (Å²) < 4.78 is 2.02. The highest BCUT2D eigenvalue weighted by molar-refractivity contribution is 5.81. The van der Waals surface area contributed by atoms with Crippen LogP contribution < -0.4 is 5.32 Å². The molecular weight excluding hydrogens is 316 g/mol. The van der Waals surface area contributed by atoms with Crippen LogP contribution >= 0.6 is 0 Å². The number of carbonyl (C=O) groups excluding carboxylic acids is 1. The molecule has 1 atom stereocenters. The van der Waals surface area contributed by atoms with Crippen LogP contribution in [0.3, 0.4) is 0 Å². The lowest BCUT2D eigenvalue weighted by Crippen LogP contribution is -2.42. The second-order valence-corrected chi connectivity index (χ2v) is 6.26. The predicted octanol–water partition coefficient (Wildman–Crippen LogP) is 1.94. The molecule has 3 aromatic heterocycles. The number of piperidine rings is 1. The number of nitrogens with one attached hydrogen (secondary N) is 1. The Balaban J connectivity index is 1.43. The number of likely N-dealkylation sites (tertiary alicyclic amines) is 1. The number of rotatable bonds is 4. The Labute approximate surface area is 145 Å². The van der Waals surface area contributed by atoms with Gasteiger partial charge in [-0.25, -0.2) is 0 Å². The fraction of sp³-hybridized carbons (Fsp3) is 0.333. The molecule has 1 aliphatic rings. The van der Waals surface area contributed by atoms with Crippen molar-refractivity contribution >= 4 is 17.2 Å². The van der Waals surface area contributed by atoms with Gasteiger partial charge in [0, 0.05) is 37.6 Å². The first kappa shape index (κ1) is 15.6. The average molecular weight is 336 g/mol. The molecule has 1 aliphatic heterocycles. The number of carbonyl (C=O) groups is 1. The van der Waals surface area contributed by atoms with Gasteiger partial charge in [-0.3, -0.25) is 14.2 Å². The van der Waals surface area contributed by atoms with Gasteiger partial charge in [0.2, 0.25) is 5.91 Å². The molecule has 0 saturated carbocycles. The van der Waals surface area contributed by atoms with Crippen LogP contribution in [-0.2, 0) is 4.79 Å². The summed E-state index contributed by atoms with van der Waals surface area (Å²) in [5.74, 6) is 1.25. The first-order valence-electron chi connectivity index (χ1n) is 8.52. The molecule has 1 saturated heterocycles. The summed E-state index contributed by atoms with van der Waals surface area (Å²) in [7, 11) is 0. The Morgan fingerprint density at radius 3 is 3.08 bits per heavy atom. The van der Waals surface area contributed by atoms with Gasteiger partial charge < -0.3 is 10.2 Å². The van der Waals surface area contributed by atoms with Crippen LogP contribution in [0.25, 0.3) is 5.65 Å². The average Bonchev–Trinajstić information content (AvgIpc) is 3.11. The van der Waals surface area contributed by atoms with Crippen molar-refractivity contribution in [1.29, 1.82) is 0 Å². The van der Waals surface area contributed by atoms with Gasteiger partial charge in [0.1, 0.15) is 5.82 Å². The summed E-state index contributed by atoms with van der Waals surface area (Å²) in [5.41, 5.74) is 1.70. The summed E-state index contributed by atoms with van der Waals surface area (Å²) in [4.78, 5) is 18.5. The van der Waals surface area contributed by atoms with Crippen LogP contribution in [-0.4, -0.2) is 50.0 Å². The zero-order valence-electron chi connectivity index (χ0n) is 13.9. The van der Waals surface area contributed by atoms with Gasteiger partial charge in [0.05, 0.1) is 12.2 Å². The Kier molecular flexibility index (Phi) is 4.28. The molecule has 0 radical (unpaired) electrons. The number of nitrogens with zero attached hydrogens (tertiary/aromatic N) is 5. The summed E-state index contributed by atoms with van der Waals surface area (Å²) in [5, 5.41) is 11.7. The van der Waals surface area contributed by atoms with Crippen LogP contribution in [0.4, 0.5) is 5.69 Å². The van der Waals surface area contributed by atoms with Crippen LogP contribution in [0.5, 0.6) is 0 Å². The van der Waals surface area contributed by atoms with Crippen molar-refractivity contribution < 1.29 is 4.79 Å². The highest BCUT2D eigenvalue weighted by Crippen LogP contribution is 2.26. The molecule has 0 aliphatic carbocycles. The minimum atomic E-state index is 0.0994. The van der Waals surface area contributed by atoms with Gasteiger partial charge in [-0.05, 0) is 37.1 Å². The lowest BCUT2D eigenvalue weighted by atomic mass is 9.97. The maximum absolute atomic E-state index is 12.6. The van der Waals surface area contributed by atoms with Crippen LogP contribution in [0.1, 0.15) is 24.6 Å². The van der Waals surface area contributed by atoms with E-state index in [1.165, 1.54) is 0 Å². The standard InChI is InChI=1S/C18H20N6O/c25-17(12-20-15-6-3-8-19-11-15)23-9-4-5-14(13-23)18-22-21-16-7-1-2-10-24(16)18/h1-3,6-8,10-11,14,20H,4-5,9,12-13H2. The molecule has 0 bridgehead atoms. The third-order valence-corrected chi connectivity index (χ3v) is 4.58. The Hall–Kier alpha value is -2.96. The largest absolute Gasteiger partial charge is 0.375 e. The van der Waals surface area contributed by atoms with E-state index in [1.807, 2.05) is 45.8 Å². The third-order valence-electron chi connectivity index (χ3n) is 4.58. The number of aromatic nitrogens is 4. The Bertz CT molecular complexity index is 862. The summed E-state index contributed by atoms with van der Waals surface area (Å²) in [6.45, 7) is 1.75. The van der Waals surface area contributed by atoms with Gasteiger partial charge in [-0.15, -0.1) is 10.2 Å². The molecule has 3 aromatic rings. The van der Waals surface area contributed by atoms with Crippen molar-refractivity contribution in [2.75, 3.05) is 25.0 Å². The zero-order chi connectivity index (χ0) is 17.1. The van der Waals surface area contributed by atoms with Crippen molar-refractivity contribution in [3.8, 4) is 0 Å². The van der Waals surface area contributed by atoms with Crippen LogP contribution in [0.15, 0.2) is 48.9 Å². The molecule has 1 amide bonds. The molecule has 1 unspecified atom stereocenters. The van der Waals surface area contributed by atoms with E-state index in [4.69, 9.17) is 0 Å².